The minimum Gasteiger partial charge on any atom is -0.496 e. The molecule has 0 aliphatic carbocycles. The fraction of sp³-hybridized carbons (Fsp3) is 0.500. The number of benzene rings is 1. The van der Waals surface area contributed by atoms with E-state index in [4.69, 9.17) is 16.3 Å². The minimum atomic E-state index is 0.628. The summed E-state index contributed by atoms with van der Waals surface area (Å²) in [4.78, 5) is 2.32. The lowest BCUT2D eigenvalue weighted by atomic mass is 10.1. The molecule has 2 rings (SSSR count). The van der Waals surface area contributed by atoms with Crippen LogP contribution >= 0.6 is 11.6 Å². The number of hydrogen-bond donors (Lipinski definition) is 1. The zero-order valence-electron chi connectivity index (χ0n) is 9.66. The predicted molar refractivity (Wildman–Crippen MR) is 66.1 cm³/mol. The first-order valence-corrected chi connectivity index (χ1v) is 5.82. The number of rotatable bonds is 4. The van der Waals surface area contributed by atoms with Gasteiger partial charge in [0, 0.05) is 36.3 Å². The van der Waals surface area contributed by atoms with Gasteiger partial charge in [0.1, 0.15) is 5.75 Å². The van der Waals surface area contributed by atoms with Gasteiger partial charge in [-0.2, -0.15) is 0 Å². The Morgan fingerprint density at radius 1 is 1.50 bits per heavy atom. The third-order valence-corrected chi connectivity index (χ3v) is 3.28. The predicted octanol–water partition coefficient (Wildman–Crippen LogP) is 1.75. The largest absolute Gasteiger partial charge is 0.496 e. The molecule has 3 nitrogen and oxygen atoms in total. The van der Waals surface area contributed by atoms with Gasteiger partial charge >= 0.3 is 0 Å². The Labute approximate surface area is 101 Å². The van der Waals surface area contributed by atoms with Crippen molar-refractivity contribution in [2.75, 3.05) is 27.2 Å². The highest BCUT2D eigenvalue weighted by atomic mass is 35.5. The topological polar surface area (TPSA) is 24.5 Å². The summed E-state index contributed by atoms with van der Waals surface area (Å²) in [5.74, 6) is 0.906. The molecule has 1 N–H and O–H groups in total. The van der Waals surface area contributed by atoms with Crippen molar-refractivity contribution >= 4 is 11.6 Å². The summed E-state index contributed by atoms with van der Waals surface area (Å²) >= 11 is 6.00. The Morgan fingerprint density at radius 2 is 2.25 bits per heavy atom. The average Bonchev–Trinajstić information content (AvgIpc) is 2.15. The number of ether oxygens (including phenoxy) is 1. The van der Waals surface area contributed by atoms with Crippen LogP contribution in [0.4, 0.5) is 0 Å². The van der Waals surface area contributed by atoms with Gasteiger partial charge in [-0.1, -0.05) is 11.6 Å². The quantitative estimate of drug-likeness (QED) is 0.868. The number of nitrogens with zero attached hydrogens (tertiary/aromatic N) is 1. The Hall–Kier alpha value is -0.770. The van der Waals surface area contributed by atoms with Gasteiger partial charge in [-0.3, -0.25) is 4.90 Å². The van der Waals surface area contributed by atoms with Crippen LogP contribution in [0.5, 0.6) is 5.75 Å². The Balaban J connectivity index is 2.09. The number of methoxy groups -OCH3 is 1. The normalized spacial score (nSPS) is 16.2. The molecule has 1 aliphatic rings. The molecule has 0 unspecified atom stereocenters. The lowest BCUT2D eigenvalue weighted by molar-refractivity contribution is 0.171. The highest BCUT2D eigenvalue weighted by molar-refractivity contribution is 6.30. The molecule has 88 valence electrons. The van der Waals surface area contributed by atoms with E-state index in [1.165, 1.54) is 0 Å². The second kappa shape index (κ2) is 5.04. The molecule has 1 fully saturated rings. The molecule has 0 radical (unpaired) electrons. The van der Waals surface area contributed by atoms with Crippen LogP contribution in [0.15, 0.2) is 18.2 Å². The SMILES string of the molecule is COc1ccc(Cl)cc1CN(C)C1CNC1. The molecule has 0 atom stereocenters. The molecule has 1 saturated heterocycles. The third kappa shape index (κ3) is 2.48. The van der Waals surface area contributed by atoms with E-state index in [2.05, 4.69) is 17.3 Å². The van der Waals surface area contributed by atoms with Crippen LogP contribution in [0.25, 0.3) is 0 Å². The molecule has 1 aromatic rings. The van der Waals surface area contributed by atoms with Crippen molar-refractivity contribution in [1.82, 2.24) is 10.2 Å². The summed E-state index contributed by atoms with van der Waals surface area (Å²) < 4.78 is 5.33. The van der Waals surface area contributed by atoms with Crippen LogP contribution in [-0.2, 0) is 6.54 Å². The molecular weight excluding hydrogens is 224 g/mol. The van der Waals surface area contributed by atoms with Crippen molar-refractivity contribution in [3.8, 4) is 5.75 Å². The molecule has 0 aromatic heterocycles. The molecule has 1 aromatic carbocycles. The molecule has 4 heteroatoms. The van der Waals surface area contributed by atoms with Gasteiger partial charge in [-0.25, -0.2) is 0 Å². The summed E-state index contributed by atoms with van der Waals surface area (Å²) in [6, 6.07) is 6.38. The Bertz CT molecular complexity index is 366. The lowest BCUT2D eigenvalue weighted by Crippen LogP contribution is -2.55. The van der Waals surface area contributed by atoms with E-state index >= 15 is 0 Å². The van der Waals surface area contributed by atoms with E-state index in [1.54, 1.807) is 7.11 Å². The first-order chi connectivity index (χ1) is 7.70. The van der Waals surface area contributed by atoms with Gasteiger partial charge in [-0.15, -0.1) is 0 Å². The minimum absolute atomic E-state index is 0.628. The number of nitrogens with one attached hydrogen (secondary N) is 1. The highest BCUT2D eigenvalue weighted by Gasteiger charge is 2.22. The fourth-order valence-electron chi connectivity index (χ4n) is 1.85. The van der Waals surface area contributed by atoms with Gasteiger partial charge < -0.3 is 10.1 Å². The molecule has 0 saturated carbocycles. The van der Waals surface area contributed by atoms with Gasteiger partial charge in [0.2, 0.25) is 0 Å². The smallest absolute Gasteiger partial charge is 0.123 e. The van der Waals surface area contributed by atoms with Gasteiger partial charge in [0.25, 0.3) is 0 Å². The monoisotopic (exact) mass is 240 g/mol. The van der Waals surface area contributed by atoms with E-state index in [9.17, 15) is 0 Å². The van der Waals surface area contributed by atoms with Crippen molar-refractivity contribution in [3.63, 3.8) is 0 Å². The number of halogens is 1. The van der Waals surface area contributed by atoms with Crippen molar-refractivity contribution in [1.29, 1.82) is 0 Å². The molecule has 0 amide bonds. The van der Waals surface area contributed by atoms with E-state index in [0.29, 0.717) is 6.04 Å². The van der Waals surface area contributed by atoms with Crippen LogP contribution in [-0.4, -0.2) is 38.2 Å². The maximum absolute atomic E-state index is 6.00. The summed E-state index contributed by atoms with van der Waals surface area (Å²) in [5.41, 5.74) is 1.14. The van der Waals surface area contributed by atoms with Crippen LogP contribution in [0.3, 0.4) is 0 Å². The van der Waals surface area contributed by atoms with Gasteiger partial charge in [-0.05, 0) is 25.2 Å². The molecule has 16 heavy (non-hydrogen) atoms. The summed E-state index contributed by atoms with van der Waals surface area (Å²) in [5, 5.41) is 4.03. The first-order valence-electron chi connectivity index (χ1n) is 5.44. The Kier molecular flexibility index (Phi) is 3.69. The maximum atomic E-state index is 6.00. The second-order valence-electron chi connectivity index (χ2n) is 4.18. The standard InChI is InChI=1S/C12H17ClN2O/c1-15(11-6-14-7-11)8-9-5-10(13)3-4-12(9)16-2/h3-5,11,14H,6-8H2,1-2H3. The third-order valence-electron chi connectivity index (χ3n) is 3.05. The first kappa shape index (κ1) is 11.7. The number of hydrogen-bond acceptors (Lipinski definition) is 3. The summed E-state index contributed by atoms with van der Waals surface area (Å²) in [6.45, 7) is 3.01. The van der Waals surface area contributed by atoms with Crippen molar-refractivity contribution in [2.45, 2.75) is 12.6 Å². The van der Waals surface area contributed by atoms with Gasteiger partial charge in [0.05, 0.1) is 7.11 Å². The lowest BCUT2D eigenvalue weighted by Gasteiger charge is -2.35. The van der Waals surface area contributed by atoms with Crippen molar-refractivity contribution in [3.05, 3.63) is 28.8 Å². The van der Waals surface area contributed by atoms with E-state index in [-0.39, 0.29) is 0 Å². The summed E-state index contributed by atoms with van der Waals surface area (Å²) in [6.07, 6.45) is 0. The zero-order chi connectivity index (χ0) is 11.5. The summed E-state index contributed by atoms with van der Waals surface area (Å²) in [7, 11) is 3.82. The van der Waals surface area contributed by atoms with Crippen molar-refractivity contribution in [2.24, 2.45) is 0 Å². The van der Waals surface area contributed by atoms with Gasteiger partial charge in [0.15, 0.2) is 0 Å². The van der Waals surface area contributed by atoms with Crippen LogP contribution in [0.2, 0.25) is 5.02 Å². The van der Waals surface area contributed by atoms with Crippen molar-refractivity contribution < 1.29 is 4.74 Å². The number of likely N-dealkylation sites (N-methyl/N-ethyl adjacent to an activating group) is 1. The maximum Gasteiger partial charge on any atom is 0.123 e. The van der Waals surface area contributed by atoms with Crippen LogP contribution < -0.4 is 10.1 Å². The van der Waals surface area contributed by atoms with Crippen LogP contribution in [0, 0.1) is 0 Å². The molecular formula is C12H17ClN2O. The second-order valence-corrected chi connectivity index (χ2v) is 4.62. The highest BCUT2D eigenvalue weighted by Crippen LogP contribution is 2.24. The molecule has 1 aliphatic heterocycles. The van der Waals surface area contributed by atoms with E-state index in [0.717, 1.165) is 36.0 Å². The molecule has 0 spiro atoms. The van der Waals surface area contributed by atoms with Crippen LogP contribution in [0.1, 0.15) is 5.56 Å². The van der Waals surface area contributed by atoms with E-state index < -0.39 is 0 Å². The average molecular weight is 241 g/mol. The Morgan fingerprint density at radius 3 is 2.81 bits per heavy atom. The van der Waals surface area contributed by atoms with E-state index in [1.807, 2.05) is 18.2 Å². The molecule has 1 heterocycles. The molecule has 0 bridgehead atoms. The zero-order valence-corrected chi connectivity index (χ0v) is 10.4. The fourth-order valence-corrected chi connectivity index (χ4v) is 2.05.